The van der Waals surface area contributed by atoms with Crippen LogP contribution in [0.15, 0.2) is 41.1 Å². The number of aryl methyl sites for hydroxylation is 2. The average molecular weight is 498 g/mol. The second-order valence-corrected chi connectivity index (χ2v) is 7.88. The maximum absolute atomic E-state index is 13.2. The van der Waals surface area contributed by atoms with Crippen LogP contribution >= 0.6 is 28.1 Å². The Labute approximate surface area is 182 Å². The first-order chi connectivity index (χ1) is 14.1. The smallest absolute Gasteiger partial charge is 0.266 e. The van der Waals surface area contributed by atoms with Gasteiger partial charge in [0.05, 0.1) is 22.9 Å². The predicted octanol–water partition coefficient (Wildman–Crippen LogP) is 4.66. The van der Waals surface area contributed by atoms with E-state index in [0.29, 0.717) is 12.2 Å². The number of nitrogens with one attached hydrogen (secondary N) is 1. The third-order valence-electron chi connectivity index (χ3n) is 4.49. The Morgan fingerprint density at radius 1 is 1.20 bits per heavy atom. The number of hydrogen-bond acceptors (Lipinski definition) is 4. The molecule has 0 aliphatic carbocycles. The molecule has 3 aromatic heterocycles. The van der Waals surface area contributed by atoms with Crippen molar-refractivity contribution in [3.8, 4) is 17.2 Å². The maximum atomic E-state index is 13.2. The van der Waals surface area contributed by atoms with Gasteiger partial charge in [0.25, 0.3) is 0 Å². The van der Waals surface area contributed by atoms with Gasteiger partial charge in [-0.25, -0.2) is 0 Å². The van der Waals surface area contributed by atoms with Crippen LogP contribution in [0.3, 0.4) is 0 Å². The first-order valence-electron chi connectivity index (χ1n) is 8.71. The molecule has 0 saturated heterocycles. The minimum absolute atomic E-state index is 0.140. The number of rotatable bonds is 4. The van der Waals surface area contributed by atoms with Crippen molar-refractivity contribution in [1.29, 1.82) is 0 Å². The van der Waals surface area contributed by atoms with E-state index in [9.17, 15) is 13.2 Å². The van der Waals surface area contributed by atoms with E-state index in [1.807, 2.05) is 31.2 Å². The van der Waals surface area contributed by atoms with E-state index in [1.54, 1.807) is 17.1 Å². The topological polar surface area (TPSA) is 69.2 Å². The fourth-order valence-electron chi connectivity index (χ4n) is 3.05. The number of H-pyrrole nitrogens is 1. The molecule has 0 unspecified atom stereocenters. The molecule has 156 valence electrons. The number of hydrogen-bond donors (Lipinski definition) is 1. The van der Waals surface area contributed by atoms with E-state index >= 15 is 0 Å². The Kier molecular flexibility index (Phi) is 5.14. The molecule has 4 aromatic rings. The van der Waals surface area contributed by atoms with Gasteiger partial charge in [0, 0.05) is 13.2 Å². The van der Waals surface area contributed by atoms with Crippen molar-refractivity contribution in [2.75, 3.05) is 0 Å². The number of benzene rings is 1. The second-order valence-electron chi connectivity index (χ2n) is 6.70. The van der Waals surface area contributed by atoms with Gasteiger partial charge in [-0.15, -0.1) is 0 Å². The lowest BCUT2D eigenvalue weighted by atomic mass is 10.1. The predicted molar refractivity (Wildman–Crippen MR) is 110 cm³/mol. The summed E-state index contributed by atoms with van der Waals surface area (Å²) in [5.41, 5.74) is 1.90. The van der Waals surface area contributed by atoms with Crippen LogP contribution in [0.4, 0.5) is 13.2 Å². The number of aromatic amines is 1. The summed E-state index contributed by atoms with van der Waals surface area (Å²) in [6.45, 7) is 2.55. The van der Waals surface area contributed by atoms with Crippen molar-refractivity contribution in [2.24, 2.45) is 7.05 Å². The highest BCUT2D eigenvalue weighted by Gasteiger charge is 2.39. The summed E-state index contributed by atoms with van der Waals surface area (Å²) in [4.78, 5) is 0. The minimum atomic E-state index is -4.61. The standard InChI is InChI=1S/C18H15BrF3N7S/c1-10-3-5-11(6-4-10)8-28-9-12(7-23-28)29-16(24-25-17(29)30)14-13(19)15(18(20,21)22)26-27(14)2/h3-7,9H,8H2,1-2H3,(H,25,30). The Morgan fingerprint density at radius 2 is 1.90 bits per heavy atom. The van der Waals surface area contributed by atoms with Crippen LogP contribution in [0.5, 0.6) is 0 Å². The number of halogens is 4. The van der Waals surface area contributed by atoms with Crippen molar-refractivity contribution in [3.63, 3.8) is 0 Å². The number of alkyl halides is 3. The van der Waals surface area contributed by atoms with Gasteiger partial charge in [0.2, 0.25) is 0 Å². The van der Waals surface area contributed by atoms with Gasteiger partial charge in [0.1, 0.15) is 5.69 Å². The largest absolute Gasteiger partial charge is 0.436 e. The van der Waals surface area contributed by atoms with Crippen molar-refractivity contribution >= 4 is 28.1 Å². The zero-order chi connectivity index (χ0) is 21.6. The van der Waals surface area contributed by atoms with E-state index in [-0.39, 0.29) is 20.8 Å². The Bertz CT molecular complexity index is 1260. The normalized spacial score (nSPS) is 11.9. The van der Waals surface area contributed by atoms with E-state index in [2.05, 4.69) is 36.3 Å². The zero-order valence-electron chi connectivity index (χ0n) is 15.8. The lowest BCUT2D eigenvalue weighted by Crippen LogP contribution is -2.07. The van der Waals surface area contributed by atoms with Gasteiger partial charge in [-0.05, 0) is 40.6 Å². The summed E-state index contributed by atoms with van der Waals surface area (Å²) in [6, 6.07) is 8.05. The lowest BCUT2D eigenvalue weighted by Gasteiger charge is -2.06. The van der Waals surface area contributed by atoms with Crippen molar-refractivity contribution < 1.29 is 13.2 Å². The first-order valence-corrected chi connectivity index (χ1v) is 9.91. The maximum Gasteiger partial charge on any atom is 0.436 e. The summed E-state index contributed by atoms with van der Waals surface area (Å²) in [5.74, 6) is 0.187. The molecule has 0 radical (unpaired) electrons. The van der Waals surface area contributed by atoms with E-state index < -0.39 is 11.9 Å². The summed E-state index contributed by atoms with van der Waals surface area (Å²) < 4.78 is 44.1. The van der Waals surface area contributed by atoms with Crippen LogP contribution in [0.2, 0.25) is 0 Å². The average Bonchev–Trinajstić information content (AvgIpc) is 3.34. The van der Waals surface area contributed by atoms with Crippen LogP contribution in [-0.4, -0.2) is 34.3 Å². The summed E-state index contributed by atoms with van der Waals surface area (Å²) in [5, 5.41) is 14.7. The van der Waals surface area contributed by atoms with Crippen molar-refractivity contribution in [2.45, 2.75) is 19.6 Å². The molecule has 0 fully saturated rings. The quantitative estimate of drug-likeness (QED) is 0.416. The van der Waals surface area contributed by atoms with Gasteiger partial charge < -0.3 is 0 Å². The SMILES string of the molecule is Cc1ccc(Cn2cc(-n3c(-c4c(Br)c(C(F)(F)F)nn4C)n[nH]c3=S)cn2)cc1. The van der Waals surface area contributed by atoms with Crippen molar-refractivity contribution in [1.82, 2.24) is 34.3 Å². The highest BCUT2D eigenvalue weighted by atomic mass is 79.9. The monoisotopic (exact) mass is 497 g/mol. The third-order valence-corrected chi connectivity index (χ3v) is 5.51. The van der Waals surface area contributed by atoms with Gasteiger partial charge in [-0.1, -0.05) is 29.8 Å². The molecule has 1 aromatic carbocycles. The van der Waals surface area contributed by atoms with Crippen LogP contribution in [0.25, 0.3) is 17.2 Å². The Balaban J connectivity index is 1.74. The van der Waals surface area contributed by atoms with Crippen LogP contribution in [0, 0.1) is 11.7 Å². The van der Waals surface area contributed by atoms with Crippen LogP contribution in [-0.2, 0) is 19.8 Å². The summed E-state index contributed by atoms with van der Waals surface area (Å²) in [6.07, 6.45) is -1.27. The number of aromatic nitrogens is 7. The molecule has 0 aliphatic rings. The first kappa shape index (κ1) is 20.5. The molecule has 3 heterocycles. The van der Waals surface area contributed by atoms with Crippen molar-refractivity contribution in [3.05, 3.63) is 62.7 Å². The zero-order valence-corrected chi connectivity index (χ0v) is 18.2. The number of nitrogens with zero attached hydrogens (tertiary/aromatic N) is 6. The fraction of sp³-hybridized carbons (Fsp3) is 0.222. The van der Waals surface area contributed by atoms with Gasteiger partial charge >= 0.3 is 6.18 Å². The van der Waals surface area contributed by atoms with Gasteiger partial charge in [0.15, 0.2) is 16.3 Å². The van der Waals surface area contributed by atoms with Crippen LogP contribution in [0.1, 0.15) is 16.8 Å². The summed E-state index contributed by atoms with van der Waals surface area (Å²) in [7, 11) is 1.41. The second kappa shape index (κ2) is 7.51. The molecule has 0 amide bonds. The molecule has 0 spiro atoms. The molecule has 30 heavy (non-hydrogen) atoms. The van der Waals surface area contributed by atoms with Gasteiger partial charge in [-0.2, -0.15) is 28.5 Å². The molecule has 0 saturated carbocycles. The molecular weight excluding hydrogens is 483 g/mol. The van der Waals surface area contributed by atoms with Crippen LogP contribution < -0.4 is 0 Å². The Morgan fingerprint density at radius 3 is 2.53 bits per heavy atom. The highest BCUT2D eigenvalue weighted by Crippen LogP contribution is 2.39. The molecular formula is C18H15BrF3N7S. The highest BCUT2D eigenvalue weighted by molar-refractivity contribution is 9.10. The fourth-order valence-corrected chi connectivity index (χ4v) is 4.03. The lowest BCUT2D eigenvalue weighted by molar-refractivity contribution is -0.142. The minimum Gasteiger partial charge on any atom is -0.266 e. The molecule has 0 atom stereocenters. The summed E-state index contributed by atoms with van der Waals surface area (Å²) >= 11 is 8.34. The molecule has 0 bridgehead atoms. The third kappa shape index (κ3) is 3.72. The Hall–Kier alpha value is -2.73. The molecule has 7 nitrogen and oxygen atoms in total. The van der Waals surface area contributed by atoms with E-state index in [0.717, 1.165) is 15.8 Å². The van der Waals surface area contributed by atoms with E-state index in [4.69, 9.17) is 12.2 Å². The molecule has 4 rings (SSSR count). The van der Waals surface area contributed by atoms with E-state index in [1.165, 1.54) is 11.6 Å². The molecule has 1 N–H and O–H groups in total. The molecule has 0 aliphatic heterocycles. The van der Waals surface area contributed by atoms with Gasteiger partial charge in [-0.3, -0.25) is 19.0 Å². The molecule has 12 heteroatoms.